The summed E-state index contributed by atoms with van der Waals surface area (Å²) in [6.45, 7) is 5.09. The van der Waals surface area contributed by atoms with E-state index in [0.29, 0.717) is 25.6 Å². The molecule has 0 radical (unpaired) electrons. The van der Waals surface area contributed by atoms with Crippen LogP contribution in [0.1, 0.15) is 13.3 Å². The maximum Gasteiger partial charge on any atom is 0.233 e. The van der Waals surface area contributed by atoms with Gasteiger partial charge in [0.25, 0.3) is 0 Å². The Morgan fingerprint density at radius 2 is 1.74 bits per heavy atom. The van der Waals surface area contributed by atoms with Gasteiger partial charge in [-0.15, -0.1) is 24.0 Å². The first-order valence-electron chi connectivity index (χ1n) is 10.9. The number of hydrogen-bond acceptors (Lipinski definition) is 4. The first-order valence-corrected chi connectivity index (χ1v) is 10.9. The average Bonchev–Trinajstić information content (AvgIpc) is 3.44. The SMILES string of the molecule is CCNC(=NCCN(C)c1ccccc1)NCCN1C(=O)C2C3C=CC(C3)C2C1=O.I. The standard InChI is InChI=1S/C23H31N5O2.HI/c1-3-24-23(25-11-13-27(2)18-7-5-4-6-8-18)26-12-14-28-21(29)19-16-9-10-17(15-16)20(19)22(28)30;/h4-10,16-17,19-20H,3,11-15H2,1-2H3,(H2,24,25,26);1H. The zero-order valence-corrected chi connectivity index (χ0v) is 20.5. The van der Waals surface area contributed by atoms with E-state index in [0.717, 1.165) is 25.2 Å². The van der Waals surface area contributed by atoms with Crippen molar-refractivity contribution in [3.8, 4) is 0 Å². The summed E-state index contributed by atoms with van der Waals surface area (Å²) >= 11 is 0. The van der Waals surface area contributed by atoms with E-state index in [1.807, 2.05) is 25.1 Å². The molecule has 1 saturated carbocycles. The van der Waals surface area contributed by atoms with Crippen LogP contribution in [0.15, 0.2) is 47.5 Å². The molecule has 3 aliphatic rings. The summed E-state index contributed by atoms with van der Waals surface area (Å²) in [4.78, 5) is 33.8. The van der Waals surface area contributed by atoms with Crippen molar-refractivity contribution in [1.82, 2.24) is 15.5 Å². The molecule has 2 fully saturated rings. The highest BCUT2D eigenvalue weighted by atomic mass is 127. The molecule has 2 N–H and O–H groups in total. The lowest BCUT2D eigenvalue weighted by Gasteiger charge is -2.20. The fraction of sp³-hybridized carbons (Fsp3) is 0.522. The predicted molar refractivity (Wildman–Crippen MR) is 134 cm³/mol. The number of benzene rings is 1. The number of para-hydroxylation sites is 1. The minimum absolute atomic E-state index is 0. The van der Waals surface area contributed by atoms with Crippen LogP contribution in [0.5, 0.6) is 0 Å². The lowest BCUT2D eigenvalue weighted by molar-refractivity contribution is -0.140. The Morgan fingerprint density at radius 1 is 1.10 bits per heavy atom. The molecule has 2 bridgehead atoms. The Balaban J connectivity index is 0.00000272. The molecule has 1 aromatic rings. The van der Waals surface area contributed by atoms with Gasteiger partial charge in [-0.1, -0.05) is 30.4 Å². The van der Waals surface area contributed by atoms with Gasteiger partial charge < -0.3 is 15.5 Å². The second kappa shape index (κ2) is 10.5. The molecule has 2 amide bonds. The Morgan fingerprint density at radius 3 is 2.35 bits per heavy atom. The topological polar surface area (TPSA) is 77.0 Å². The van der Waals surface area contributed by atoms with E-state index in [4.69, 9.17) is 0 Å². The number of anilines is 1. The maximum atomic E-state index is 12.8. The van der Waals surface area contributed by atoms with Crippen molar-refractivity contribution in [3.63, 3.8) is 0 Å². The van der Waals surface area contributed by atoms with E-state index >= 15 is 0 Å². The molecular weight excluding hydrogens is 505 g/mol. The molecule has 4 rings (SSSR count). The Bertz CT molecular complexity index is 814. The van der Waals surface area contributed by atoms with Gasteiger partial charge in [0.05, 0.1) is 18.4 Å². The van der Waals surface area contributed by atoms with Crippen LogP contribution >= 0.6 is 24.0 Å². The van der Waals surface area contributed by atoms with Crippen LogP contribution in [0.3, 0.4) is 0 Å². The number of rotatable bonds is 8. The van der Waals surface area contributed by atoms with Crippen molar-refractivity contribution in [1.29, 1.82) is 0 Å². The number of imide groups is 1. The van der Waals surface area contributed by atoms with Crippen molar-refractivity contribution in [2.24, 2.45) is 28.7 Å². The van der Waals surface area contributed by atoms with Gasteiger partial charge >= 0.3 is 0 Å². The zero-order chi connectivity index (χ0) is 21.1. The molecule has 0 aromatic heterocycles. The monoisotopic (exact) mass is 537 g/mol. The first kappa shape index (κ1) is 23.6. The highest BCUT2D eigenvalue weighted by Crippen LogP contribution is 2.52. The normalized spacial score (nSPS) is 26.1. The van der Waals surface area contributed by atoms with Gasteiger partial charge in [0, 0.05) is 38.9 Å². The van der Waals surface area contributed by atoms with E-state index < -0.39 is 0 Å². The number of guanidine groups is 1. The Hall–Kier alpha value is -2.10. The number of nitrogens with zero attached hydrogens (tertiary/aromatic N) is 3. The molecule has 4 unspecified atom stereocenters. The van der Waals surface area contributed by atoms with Gasteiger partial charge in [0.2, 0.25) is 11.8 Å². The van der Waals surface area contributed by atoms with E-state index in [9.17, 15) is 9.59 Å². The number of halogens is 1. The molecule has 168 valence electrons. The third kappa shape index (κ3) is 4.88. The first-order chi connectivity index (χ1) is 14.6. The number of hydrogen-bond donors (Lipinski definition) is 2. The van der Waals surface area contributed by atoms with Gasteiger partial charge in [0.15, 0.2) is 5.96 Å². The lowest BCUT2D eigenvalue weighted by atomic mass is 9.85. The lowest BCUT2D eigenvalue weighted by Crippen LogP contribution is -2.44. The third-order valence-corrected chi connectivity index (χ3v) is 6.44. The molecule has 1 heterocycles. The van der Waals surface area contributed by atoms with Crippen molar-refractivity contribution >= 4 is 47.4 Å². The van der Waals surface area contributed by atoms with Crippen LogP contribution in [0.4, 0.5) is 5.69 Å². The third-order valence-electron chi connectivity index (χ3n) is 6.44. The predicted octanol–water partition coefficient (Wildman–Crippen LogP) is 2.10. The van der Waals surface area contributed by atoms with Gasteiger partial charge in [-0.3, -0.25) is 19.5 Å². The van der Waals surface area contributed by atoms with E-state index in [1.54, 1.807) is 0 Å². The zero-order valence-electron chi connectivity index (χ0n) is 18.2. The summed E-state index contributed by atoms with van der Waals surface area (Å²) in [7, 11) is 2.05. The smallest absolute Gasteiger partial charge is 0.233 e. The Labute approximate surface area is 201 Å². The summed E-state index contributed by atoms with van der Waals surface area (Å²) in [6.07, 6.45) is 5.22. The van der Waals surface area contributed by atoms with Gasteiger partial charge in [-0.2, -0.15) is 0 Å². The van der Waals surface area contributed by atoms with Gasteiger partial charge in [0.1, 0.15) is 0 Å². The number of likely N-dealkylation sites (N-methyl/N-ethyl adjacent to an activating group) is 1. The van der Waals surface area contributed by atoms with Gasteiger partial charge in [-0.05, 0) is 37.3 Å². The minimum Gasteiger partial charge on any atom is -0.373 e. The molecule has 1 saturated heterocycles. The molecule has 1 aromatic carbocycles. The molecular formula is C23H32IN5O2. The number of fused-ring (bicyclic) bond motifs is 5. The van der Waals surface area contributed by atoms with Crippen LogP contribution in [0, 0.1) is 23.7 Å². The fourth-order valence-corrected chi connectivity index (χ4v) is 4.94. The van der Waals surface area contributed by atoms with Crippen LogP contribution < -0.4 is 15.5 Å². The number of amides is 2. The number of carbonyl (C=O) groups is 2. The van der Waals surface area contributed by atoms with E-state index in [1.165, 1.54) is 4.90 Å². The number of likely N-dealkylation sites (tertiary alicyclic amines) is 1. The highest BCUT2D eigenvalue weighted by Gasteiger charge is 2.58. The average molecular weight is 537 g/mol. The molecule has 2 aliphatic carbocycles. The molecule has 4 atom stereocenters. The van der Waals surface area contributed by atoms with Gasteiger partial charge in [-0.25, -0.2) is 0 Å². The van der Waals surface area contributed by atoms with Crippen LogP contribution in [0.2, 0.25) is 0 Å². The quantitative estimate of drug-likeness (QED) is 0.175. The number of allylic oxidation sites excluding steroid dienone is 2. The molecule has 31 heavy (non-hydrogen) atoms. The maximum absolute atomic E-state index is 12.8. The largest absolute Gasteiger partial charge is 0.373 e. The van der Waals surface area contributed by atoms with Crippen molar-refractivity contribution in [2.75, 3.05) is 44.7 Å². The summed E-state index contributed by atoms with van der Waals surface area (Å²) in [6, 6.07) is 10.2. The molecule has 7 nitrogen and oxygen atoms in total. The molecule has 8 heteroatoms. The van der Waals surface area contributed by atoms with Crippen molar-refractivity contribution < 1.29 is 9.59 Å². The summed E-state index contributed by atoms with van der Waals surface area (Å²) < 4.78 is 0. The second-order valence-electron chi connectivity index (χ2n) is 8.27. The second-order valence-corrected chi connectivity index (χ2v) is 8.27. The fourth-order valence-electron chi connectivity index (χ4n) is 4.94. The summed E-state index contributed by atoms with van der Waals surface area (Å²) in [5.74, 6) is 1.00. The summed E-state index contributed by atoms with van der Waals surface area (Å²) in [5, 5.41) is 6.49. The van der Waals surface area contributed by atoms with Crippen LogP contribution in [-0.4, -0.2) is 62.4 Å². The van der Waals surface area contributed by atoms with E-state index in [2.05, 4.69) is 51.9 Å². The highest BCUT2D eigenvalue weighted by molar-refractivity contribution is 14.0. The van der Waals surface area contributed by atoms with Crippen molar-refractivity contribution in [2.45, 2.75) is 13.3 Å². The van der Waals surface area contributed by atoms with E-state index in [-0.39, 0.29) is 59.5 Å². The number of aliphatic imine (C=N–C) groups is 1. The molecule has 0 spiro atoms. The number of carbonyl (C=O) groups excluding carboxylic acids is 2. The van der Waals surface area contributed by atoms with Crippen molar-refractivity contribution in [3.05, 3.63) is 42.5 Å². The minimum atomic E-state index is -0.122. The Kier molecular flexibility index (Phi) is 7.96. The summed E-state index contributed by atoms with van der Waals surface area (Å²) in [5.41, 5.74) is 1.16. The number of nitrogens with one attached hydrogen (secondary N) is 2. The molecule has 1 aliphatic heterocycles. The van der Waals surface area contributed by atoms with Crippen LogP contribution in [-0.2, 0) is 9.59 Å². The van der Waals surface area contributed by atoms with Crippen LogP contribution in [0.25, 0.3) is 0 Å².